The van der Waals surface area contributed by atoms with Crippen molar-refractivity contribution in [2.75, 3.05) is 0 Å². The highest BCUT2D eigenvalue weighted by atomic mass is 16.5. The van der Waals surface area contributed by atoms with Crippen LogP contribution in [0.3, 0.4) is 0 Å². The molecule has 4 nitrogen and oxygen atoms in total. The standard InChI is InChI=1S/C16H17NO3/c1-11(2)20-10-12-4-3-5-13(8-12)15-9-17-7-6-14(15)16(18)19/h3-9,11H,10H2,1-2H3,(H,18,19). The number of aromatic carboxylic acids is 1. The van der Waals surface area contributed by atoms with Gasteiger partial charge in [0.15, 0.2) is 0 Å². The Labute approximate surface area is 118 Å². The molecule has 0 spiro atoms. The molecule has 0 unspecified atom stereocenters. The highest BCUT2D eigenvalue weighted by Gasteiger charge is 2.11. The van der Waals surface area contributed by atoms with E-state index in [4.69, 9.17) is 4.74 Å². The van der Waals surface area contributed by atoms with E-state index in [2.05, 4.69) is 4.98 Å². The van der Waals surface area contributed by atoms with E-state index in [9.17, 15) is 9.90 Å². The maximum atomic E-state index is 11.2. The van der Waals surface area contributed by atoms with Crippen LogP contribution in [0.4, 0.5) is 0 Å². The molecule has 0 aliphatic carbocycles. The Bertz CT molecular complexity index is 608. The van der Waals surface area contributed by atoms with Crippen molar-refractivity contribution in [1.82, 2.24) is 4.98 Å². The minimum absolute atomic E-state index is 0.159. The second-order valence-corrected chi connectivity index (χ2v) is 4.79. The van der Waals surface area contributed by atoms with Crippen molar-refractivity contribution < 1.29 is 14.6 Å². The molecule has 4 heteroatoms. The van der Waals surface area contributed by atoms with E-state index in [1.807, 2.05) is 38.1 Å². The van der Waals surface area contributed by atoms with Gasteiger partial charge >= 0.3 is 5.97 Å². The number of pyridine rings is 1. The van der Waals surface area contributed by atoms with Crippen molar-refractivity contribution in [3.8, 4) is 11.1 Å². The van der Waals surface area contributed by atoms with E-state index in [1.165, 1.54) is 12.3 Å². The van der Waals surface area contributed by atoms with Crippen molar-refractivity contribution in [2.45, 2.75) is 26.6 Å². The van der Waals surface area contributed by atoms with Gasteiger partial charge in [0.25, 0.3) is 0 Å². The molecule has 0 aliphatic heterocycles. The third kappa shape index (κ3) is 3.42. The van der Waals surface area contributed by atoms with Gasteiger partial charge in [-0.25, -0.2) is 4.79 Å². The molecule has 0 aliphatic rings. The van der Waals surface area contributed by atoms with Gasteiger partial charge in [0, 0.05) is 18.0 Å². The first-order valence-corrected chi connectivity index (χ1v) is 6.46. The topological polar surface area (TPSA) is 59.4 Å². The largest absolute Gasteiger partial charge is 0.478 e. The number of carboxylic acids is 1. The Morgan fingerprint density at radius 1 is 1.35 bits per heavy atom. The Balaban J connectivity index is 2.34. The molecule has 0 amide bonds. The molecule has 1 aromatic carbocycles. The number of benzene rings is 1. The molecule has 0 fully saturated rings. The smallest absolute Gasteiger partial charge is 0.336 e. The number of carbonyl (C=O) groups is 1. The van der Waals surface area contributed by atoms with Gasteiger partial charge in [-0.1, -0.05) is 18.2 Å². The van der Waals surface area contributed by atoms with E-state index < -0.39 is 5.97 Å². The molecule has 2 rings (SSSR count). The first-order valence-electron chi connectivity index (χ1n) is 6.46. The van der Waals surface area contributed by atoms with E-state index in [0.29, 0.717) is 12.2 Å². The van der Waals surface area contributed by atoms with Crippen molar-refractivity contribution in [2.24, 2.45) is 0 Å². The van der Waals surface area contributed by atoms with Crippen LogP contribution in [-0.2, 0) is 11.3 Å². The van der Waals surface area contributed by atoms with E-state index >= 15 is 0 Å². The first kappa shape index (κ1) is 14.2. The van der Waals surface area contributed by atoms with Gasteiger partial charge in [-0.05, 0) is 37.1 Å². The van der Waals surface area contributed by atoms with Crippen LogP contribution < -0.4 is 0 Å². The minimum atomic E-state index is -0.953. The monoisotopic (exact) mass is 271 g/mol. The Morgan fingerprint density at radius 3 is 2.85 bits per heavy atom. The fourth-order valence-electron chi connectivity index (χ4n) is 1.90. The quantitative estimate of drug-likeness (QED) is 0.905. The van der Waals surface area contributed by atoms with Crippen molar-refractivity contribution >= 4 is 5.97 Å². The van der Waals surface area contributed by atoms with Crippen molar-refractivity contribution in [1.29, 1.82) is 0 Å². The minimum Gasteiger partial charge on any atom is -0.478 e. The van der Waals surface area contributed by atoms with Crippen molar-refractivity contribution in [3.63, 3.8) is 0 Å². The number of hydrogen-bond acceptors (Lipinski definition) is 3. The predicted octanol–water partition coefficient (Wildman–Crippen LogP) is 3.37. The molecule has 1 aromatic heterocycles. The van der Waals surface area contributed by atoms with Crippen LogP contribution in [0.25, 0.3) is 11.1 Å². The molecule has 20 heavy (non-hydrogen) atoms. The molecule has 2 aromatic rings. The molecular weight excluding hydrogens is 254 g/mol. The lowest BCUT2D eigenvalue weighted by Gasteiger charge is -2.10. The van der Waals surface area contributed by atoms with Gasteiger partial charge in [0.05, 0.1) is 18.3 Å². The Kier molecular flexibility index (Phi) is 4.48. The predicted molar refractivity (Wildman–Crippen MR) is 76.6 cm³/mol. The summed E-state index contributed by atoms with van der Waals surface area (Å²) in [6.07, 6.45) is 3.22. The second kappa shape index (κ2) is 6.30. The highest BCUT2D eigenvalue weighted by Crippen LogP contribution is 2.24. The Morgan fingerprint density at radius 2 is 2.15 bits per heavy atom. The summed E-state index contributed by atoms with van der Waals surface area (Å²) in [6, 6.07) is 9.18. The molecule has 0 bridgehead atoms. The van der Waals surface area contributed by atoms with Crippen LogP contribution >= 0.6 is 0 Å². The van der Waals surface area contributed by atoms with E-state index in [1.54, 1.807) is 6.20 Å². The number of nitrogens with zero attached hydrogens (tertiary/aromatic N) is 1. The summed E-state index contributed by atoms with van der Waals surface area (Å²) < 4.78 is 5.56. The third-order valence-electron chi connectivity index (χ3n) is 2.87. The lowest BCUT2D eigenvalue weighted by atomic mass is 10.0. The molecule has 0 atom stereocenters. The SMILES string of the molecule is CC(C)OCc1cccc(-c2cnccc2C(=O)O)c1. The number of ether oxygens (including phenoxy) is 1. The maximum absolute atomic E-state index is 11.2. The Hall–Kier alpha value is -2.20. The van der Waals surface area contributed by atoms with Crippen LogP contribution in [0.2, 0.25) is 0 Å². The average Bonchev–Trinajstić information content (AvgIpc) is 2.45. The van der Waals surface area contributed by atoms with E-state index in [0.717, 1.165) is 11.1 Å². The van der Waals surface area contributed by atoms with Crippen LogP contribution in [0.1, 0.15) is 29.8 Å². The third-order valence-corrected chi connectivity index (χ3v) is 2.87. The van der Waals surface area contributed by atoms with Gasteiger partial charge < -0.3 is 9.84 Å². The van der Waals surface area contributed by atoms with E-state index in [-0.39, 0.29) is 11.7 Å². The number of carboxylic acid groups (broad SMARTS) is 1. The summed E-state index contributed by atoms with van der Waals surface area (Å²) >= 11 is 0. The van der Waals surface area contributed by atoms with Gasteiger partial charge in [-0.15, -0.1) is 0 Å². The molecule has 0 radical (unpaired) electrons. The number of aromatic nitrogens is 1. The summed E-state index contributed by atoms with van der Waals surface area (Å²) in [5, 5.41) is 9.22. The normalized spacial score (nSPS) is 10.8. The van der Waals surface area contributed by atoms with Gasteiger partial charge in [-0.2, -0.15) is 0 Å². The van der Waals surface area contributed by atoms with Gasteiger partial charge in [0.1, 0.15) is 0 Å². The molecule has 0 saturated heterocycles. The highest BCUT2D eigenvalue weighted by molar-refractivity contribution is 5.95. The fourth-order valence-corrected chi connectivity index (χ4v) is 1.90. The molecular formula is C16H17NO3. The lowest BCUT2D eigenvalue weighted by molar-refractivity contribution is 0.0657. The first-order chi connectivity index (χ1) is 9.58. The average molecular weight is 271 g/mol. The van der Waals surface area contributed by atoms with Crippen LogP contribution in [-0.4, -0.2) is 22.2 Å². The molecule has 1 heterocycles. The summed E-state index contributed by atoms with van der Waals surface area (Å²) in [4.78, 5) is 15.3. The zero-order chi connectivity index (χ0) is 14.5. The van der Waals surface area contributed by atoms with Crippen LogP contribution in [0, 0.1) is 0 Å². The fraction of sp³-hybridized carbons (Fsp3) is 0.250. The van der Waals surface area contributed by atoms with Gasteiger partial charge in [-0.3, -0.25) is 4.98 Å². The number of hydrogen-bond donors (Lipinski definition) is 1. The molecule has 104 valence electrons. The lowest BCUT2D eigenvalue weighted by Crippen LogP contribution is -2.03. The second-order valence-electron chi connectivity index (χ2n) is 4.79. The zero-order valence-corrected chi connectivity index (χ0v) is 11.5. The maximum Gasteiger partial charge on any atom is 0.336 e. The summed E-state index contributed by atoms with van der Waals surface area (Å²) in [5.41, 5.74) is 2.71. The summed E-state index contributed by atoms with van der Waals surface area (Å²) in [7, 11) is 0. The van der Waals surface area contributed by atoms with Crippen molar-refractivity contribution in [3.05, 3.63) is 53.9 Å². The summed E-state index contributed by atoms with van der Waals surface area (Å²) in [6.45, 7) is 4.47. The summed E-state index contributed by atoms with van der Waals surface area (Å²) in [5.74, 6) is -0.953. The number of rotatable bonds is 5. The van der Waals surface area contributed by atoms with Crippen LogP contribution in [0.5, 0.6) is 0 Å². The van der Waals surface area contributed by atoms with Gasteiger partial charge in [0.2, 0.25) is 0 Å². The molecule has 1 N–H and O–H groups in total. The van der Waals surface area contributed by atoms with Crippen LogP contribution in [0.15, 0.2) is 42.7 Å². The zero-order valence-electron chi connectivity index (χ0n) is 11.5. The molecule has 0 saturated carbocycles.